The van der Waals surface area contributed by atoms with E-state index in [9.17, 15) is 9.59 Å². The molecule has 0 bridgehead atoms. The van der Waals surface area contributed by atoms with Gasteiger partial charge in [0.05, 0.1) is 0 Å². The van der Waals surface area contributed by atoms with Crippen LogP contribution in [0.25, 0.3) is 11.2 Å². The van der Waals surface area contributed by atoms with E-state index >= 15 is 0 Å². The van der Waals surface area contributed by atoms with E-state index in [0.29, 0.717) is 23.6 Å². The zero-order chi connectivity index (χ0) is 20.5. The summed E-state index contributed by atoms with van der Waals surface area (Å²) in [5.74, 6) is 1.53. The maximum atomic E-state index is 13.0. The summed E-state index contributed by atoms with van der Waals surface area (Å²) in [4.78, 5) is 32.4. The van der Waals surface area contributed by atoms with Crippen molar-refractivity contribution in [2.75, 3.05) is 18.0 Å². The summed E-state index contributed by atoms with van der Waals surface area (Å²) in [5, 5.41) is 0. The molecule has 4 rings (SSSR count). The van der Waals surface area contributed by atoms with Crippen LogP contribution < -0.4 is 16.1 Å². The molecule has 0 spiro atoms. The number of nitrogens with zero attached hydrogens (tertiary/aromatic N) is 5. The number of piperidine rings is 1. The summed E-state index contributed by atoms with van der Waals surface area (Å²) >= 11 is 0. The van der Waals surface area contributed by atoms with Gasteiger partial charge in [-0.25, -0.2) is 4.79 Å². The minimum atomic E-state index is -0.338. The maximum absolute atomic E-state index is 13.0. The Bertz CT molecular complexity index is 1120. The number of benzene rings is 1. The molecule has 1 aliphatic rings. The Morgan fingerprint density at radius 1 is 1.03 bits per heavy atom. The lowest BCUT2D eigenvalue weighted by Gasteiger charge is -2.31. The molecule has 0 unspecified atom stereocenters. The van der Waals surface area contributed by atoms with Gasteiger partial charge < -0.3 is 9.47 Å². The lowest BCUT2D eigenvalue weighted by atomic mass is 10.00. The van der Waals surface area contributed by atoms with Crippen LogP contribution in [-0.4, -0.2) is 31.8 Å². The molecule has 7 heteroatoms. The van der Waals surface area contributed by atoms with Crippen LogP contribution in [0.2, 0.25) is 0 Å². The summed E-state index contributed by atoms with van der Waals surface area (Å²) in [5.41, 5.74) is 1.68. The van der Waals surface area contributed by atoms with Crippen molar-refractivity contribution in [1.82, 2.24) is 18.7 Å². The number of fused-ring (bicyclic) bond motifs is 1. The molecule has 0 radical (unpaired) electrons. The second-order valence-corrected chi connectivity index (χ2v) is 8.20. The monoisotopic (exact) mass is 395 g/mol. The van der Waals surface area contributed by atoms with Gasteiger partial charge >= 0.3 is 5.69 Å². The van der Waals surface area contributed by atoms with E-state index < -0.39 is 0 Å². The summed E-state index contributed by atoms with van der Waals surface area (Å²) in [7, 11) is 3.22. The molecule has 7 nitrogen and oxygen atoms in total. The Morgan fingerprint density at radius 3 is 2.41 bits per heavy atom. The lowest BCUT2D eigenvalue weighted by molar-refractivity contribution is 0.430. The van der Waals surface area contributed by atoms with Gasteiger partial charge in [-0.15, -0.1) is 0 Å². The molecule has 2 aromatic heterocycles. The van der Waals surface area contributed by atoms with Crippen molar-refractivity contribution in [1.29, 1.82) is 0 Å². The number of aromatic nitrogens is 4. The van der Waals surface area contributed by atoms with Gasteiger partial charge in [0.1, 0.15) is 0 Å². The highest BCUT2D eigenvalue weighted by Gasteiger charge is 2.25. The molecular formula is C22H29N5O2. The molecule has 0 atom stereocenters. The Labute approximate surface area is 170 Å². The normalized spacial score (nSPS) is 15.3. The number of anilines is 1. The number of imidazole rings is 1. The van der Waals surface area contributed by atoms with Crippen LogP contribution in [0.4, 0.5) is 5.95 Å². The van der Waals surface area contributed by atoms with E-state index in [1.165, 1.54) is 21.7 Å². The number of hydrogen-bond donors (Lipinski definition) is 0. The molecule has 1 saturated heterocycles. The molecule has 0 aliphatic carbocycles. The van der Waals surface area contributed by atoms with Crippen LogP contribution in [0, 0.1) is 5.92 Å². The van der Waals surface area contributed by atoms with E-state index in [1.54, 1.807) is 7.05 Å². The molecule has 0 N–H and O–H groups in total. The van der Waals surface area contributed by atoms with Crippen LogP contribution in [0.5, 0.6) is 0 Å². The minimum absolute atomic E-state index is 0.271. The zero-order valence-electron chi connectivity index (χ0n) is 17.5. The van der Waals surface area contributed by atoms with Crippen molar-refractivity contribution in [2.24, 2.45) is 20.0 Å². The second kappa shape index (κ2) is 7.89. The van der Waals surface area contributed by atoms with Gasteiger partial charge in [0.25, 0.3) is 5.56 Å². The van der Waals surface area contributed by atoms with Crippen molar-refractivity contribution < 1.29 is 0 Å². The highest BCUT2D eigenvalue weighted by Crippen LogP contribution is 2.25. The predicted molar refractivity (Wildman–Crippen MR) is 116 cm³/mol. The van der Waals surface area contributed by atoms with Gasteiger partial charge in [0.15, 0.2) is 11.2 Å². The van der Waals surface area contributed by atoms with E-state index in [0.717, 1.165) is 44.7 Å². The summed E-state index contributed by atoms with van der Waals surface area (Å²) in [6.07, 6.45) is 4.07. The number of rotatable bonds is 5. The molecule has 0 amide bonds. The van der Waals surface area contributed by atoms with Gasteiger partial charge in [-0.3, -0.25) is 13.9 Å². The van der Waals surface area contributed by atoms with Crippen LogP contribution in [-0.2, 0) is 27.1 Å². The second-order valence-electron chi connectivity index (χ2n) is 8.20. The molecule has 1 fully saturated rings. The largest absolute Gasteiger partial charge is 0.342 e. The standard InChI is InChI=1S/C22H29N5O2/c1-16-11-14-26(15-12-16)21-23-19-18(20(28)25(3)22(29)24(19)2)27(21)13-7-10-17-8-5-4-6-9-17/h4-6,8-9,16H,7,10-15H2,1-3H3. The molecular weight excluding hydrogens is 366 g/mol. The van der Waals surface area contributed by atoms with Crippen molar-refractivity contribution in [2.45, 2.75) is 39.2 Å². The Hall–Kier alpha value is -2.83. The first-order valence-electron chi connectivity index (χ1n) is 10.4. The zero-order valence-corrected chi connectivity index (χ0v) is 17.5. The molecule has 0 saturated carbocycles. The molecule has 1 aromatic carbocycles. The third kappa shape index (κ3) is 3.61. The molecule has 3 heterocycles. The van der Waals surface area contributed by atoms with E-state index in [2.05, 4.69) is 24.0 Å². The maximum Gasteiger partial charge on any atom is 0.332 e. The molecule has 29 heavy (non-hydrogen) atoms. The third-order valence-corrected chi connectivity index (χ3v) is 6.08. The van der Waals surface area contributed by atoms with Crippen LogP contribution >= 0.6 is 0 Å². The van der Waals surface area contributed by atoms with Crippen LogP contribution in [0.1, 0.15) is 31.7 Å². The van der Waals surface area contributed by atoms with Crippen molar-refractivity contribution in [3.05, 3.63) is 56.7 Å². The van der Waals surface area contributed by atoms with Gasteiger partial charge in [0, 0.05) is 33.7 Å². The first-order chi connectivity index (χ1) is 14.0. The van der Waals surface area contributed by atoms with E-state index in [-0.39, 0.29) is 11.2 Å². The molecule has 154 valence electrons. The summed E-state index contributed by atoms with van der Waals surface area (Å²) in [6.45, 7) is 4.83. The SMILES string of the molecule is CC1CCN(c2nc3c(c(=O)n(C)c(=O)n3C)n2CCCc2ccccc2)CC1. The average molecular weight is 396 g/mol. The van der Waals surface area contributed by atoms with Crippen molar-refractivity contribution in [3.8, 4) is 0 Å². The van der Waals surface area contributed by atoms with Crippen LogP contribution in [0.3, 0.4) is 0 Å². The summed E-state index contributed by atoms with van der Waals surface area (Å²) < 4.78 is 4.70. The van der Waals surface area contributed by atoms with Gasteiger partial charge in [0.2, 0.25) is 5.95 Å². The Kier molecular flexibility index (Phi) is 5.30. The van der Waals surface area contributed by atoms with Gasteiger partial charge in [-0.1, -0.05) is 37.3 Å². The fourth-order valence-electron chi connectivity index (χ4n) is 4.18. The highest BCUT2D eigenvalue weighted by atomic mass is 16.2. The van der Waals surface area contributed by atoms with Gasteiger partial charge in [-0.05, 0) is 37.2 Å². The van der Waals surface area contributed by atoms with E-state index in [4.69, 9.17) is 4.98 Å². The van der Waals surface area contributed by atoms with Crippen molar-refractivity contribution in [3.63, 3.8) is 0 Å². The molecule has 3 aromatic rings. The third-order valence-electron chi connectivity index (χ3n) is 6.08. The highest BCUT2D eigenvalue weighted by molar-refractivity contribution is 5.74. The molecule has 1 aliphatic heterocycles. The Balaban J connectivity index is 1.75. The first kappa shape index (κ1) is 19.5. The first-order valence-corrected chi connectivity index (χ1v) is 10.4. The fourth-order valence-corrected chi connectivity index (χ4v) is 4.18. The van der Waals surface area contributed by atoms with Crippen LogP contribution in [0.15, 0.2) is 39.9 Å². The average Bonchev–Trinajstić information content (AvgIpc) is 3.12. The van der Waals surface area contributed by atoms with Crippen molar-refractivity contribution >= 4 is 17.1 Å². The number of hydrogen-bond acceptors (Lipinski definition) is 4. The Morgan fingerprint density at radius 2 is 1.72 bits per heavy atom. The number of aryl methyl sites for hydroxylation is 3. The summed E-state index contributed by atoms with van der Waals surface area (Å²) in [6, 6.07) is 10.4. The predicted octanol–water partition coefficient (Wildman–Crippen LogP) is 2.30. The topological polar surface area (TPSA) is 65.1 Å². The minimum Gasteiger partial charge on any atom is -0.342 e. The lowest BCUT2D eigenvalue weighted by Crippen LogP contribution is -2.37. The fraction of sp³-hybridized carbons (Fsp3) is 0.500. The van der Waals surface area contributed by atoms with Gasteiger partial charge in [-0.2, -0.15) is 4.98 Å². The quantitative estimate of drug-likeness (QED) is 0.665. The smallest absolute Gasteiger partial charge is 0.332 e. The van der Waals surface area contributed by atoms with E-state index in [1.807, 2.05) is 22.8 Å².